The fourth-order valence-electron chi connectivity index (χ4n) is 1.97. The Morgan fingerprint density at radius 1 is 1.50 bits per heavy atom. The molecule has 1 aromatic carbocycles. The van der Waals surface area contributed by atoms with Gasteiger partial charge in [0.15, 0.2) is 0 Å². The average Bonchev–Trinajstić information content (AvgIpc) is 2.64. The number of benzene rings is 1. The molecule has 0 aromatic heterocycles. The van der Waals surface area contributed by atoms with Crippen LogP contribution in [0.4, 0.5) is 10.1 Å². The molecule has 2 rings (SSSR count). The molecule has 0 spiro atoms. The van der Waals surface area contributed by atoms with Crippen molar-refractivity contribution in [3.8, 4) is 5.75 Å². The van der Waals surface area contributed by atoms with Crippen LogP contribution in [0.25, 0.3) is 0 Å². The summed E-state index contributed by atoms with van der Waals surface area (Å²) in [7, 11) is 0. The van der Waals surface area contributed by atoms with Crippen LogP contribution in [-0.2, 0) is 4.79 Å². The van der Waals surface area contributed by atoms with Crippen LogP contribution >= 0.6 is 0 Å². The highest BCUT2D eigenvalue weighted by atomic mass is 19.1. The molecule has 0 aliphatic carbocycles. The molecular formula is C11H13FN2O2. The standard InChI is InChI=1S/C11H13FN2O2/c12-8-3-9(5-10(15)4-8)14-2-1-7(6-14)11(13)16/h3-5,7,15H,1-2,6H2,(H2,13,16). The number of phenolic OH excluding ortho intramolecular Hbond substituents is 1. The van der Waals surface area contributed by atoms with E-state index >= 15 is 0 Å². The fraction of sp³-hybridized carbons (Fsp3) is 0.364. The Hall–Kier alpha value is -1.78. The molecule has 1 amide bonds. The van der Waals surface area contributed by atoms with Crippen LogP contribution < -0.4 is 10.6 Å². The Morgan fingerprint density at radius 3 is 2.81 bits per heavy atom. The highest BCUT2D eigenvalue weighted by Crippen LogP contribution is 2.27. The van der Waals surface area contributed by atoms with Gasteiger partial charge in [0.25, 0.3) is 0 Å². The van der Waals surface area contributed by atoms with Gasteiger partial charge in [-0.2, -0.15) is 0 Å². The van der Waals surface area contributed by atoms with Crippen molar-refractivity contribution >= 4 is 11.6 Å². The van der Waals surface area contributed by atoms with Crippen molar-refractivity contribution in [3.63, 3.8) is 0 Å². The Morgan fingerprint density at radius 2 is 2.25 bits per heavy atom. The van der Waals surface area contributed by atoms with Crippen LogP contribution in [-0.4, -0.2) is 24.1 Å². The molecule has 1 unspecified atom stereocenters. The lowest BCUT2D eigenvalue weighted by atomic mass is 10.1. The van der Waals surface area contributed by atoms with Gasteiger partial charge >= 0.3 is 0 Å². The number of amides is 1. The van der Waals surface area contributed by atoms with Gasteiger partial charge in [-0.15, -0.1) is 0 Å². The van der Waals surface area contributed by atoms with Crippen LogP contribution in [0.5, 0.6) is 5.75 Å². The van der Waals surface area contributed by atoms with Crippen molar-refractivity contribution in [1.82, 2.24) is 0 Å². The summed E-state index contributed by atoms with van der Waals surface area (Å²) in [5.74, 6) is -1.12. The zero-order valence-corrected chi connectivity index (χ0v) is 8.69. The molecule has 1 aliphatic heterocycles. The molecule has 1 saturated heterocycles. The van der Waals surface area contributed by atoms with Gasteiger partial charge < -0.3 is 15.7 Å². The normalized spacial score (nSPS) is 20.1. The molecule has 0 radical (unpaired) electrons. The van der Waals surface area contributed by atoms with E-state index in [-0.39, 0.29) is 17.6 Å². The zero-order valence-electron chi connectivity index (χ0n) is 8.69. The maximum Gasteiger partial charge on any atom is 0.222 e. The van der Waals surface area contributed by atoms with E-state index < -0.39 is 5.82 Å². The first-order chi connectivity index (χ1) is 7.56. The minimum atomic E-state index is -0.488. The molecule has 0 saturated carbocycles. The van der Waals surface area contributed by atoms with Gasteiger partial charge in [-0.05, 0) is 12.5 Å². The Kier molecular flexibility index (Phi) is 2.68. The molecule has 16 heavy (non-hydrogen) atoms. The van der Waals surface area contributed by atoms with Crippen molar-refractivity contribution in [2.24, 2.45) is 11.7 Å². The number of hydrogen-bond acceptors (Lipinski definition) is 3. The van der Waals surface area contributed by atoms with Crippen molar-refractivity contribution in [2.45, 2.75) is 6.42 Å². The second-order valence-electron chi connectivity index (χ2n) is 4.00. The van der Waals surface area contributed by atoms with Gasteiger partial charge in [-0.1, -0.05) is 0 Å². The molecule has 1 heterocycles. The number of rotatable bonds is 2. The second kappa shape index (κ2) is 4.00. The number of nitrogens with two attached hydrogens (primary N) is 1. The summed E-state index contributed by atoms with van der Waals surface area (Å²) in [4.78, 5) is 12.8. The number of carbonyl (C=O) groups excluding carboxylic acids is 1. The summed E-state index contributed by atoms with van der Waals surface area (Å²) in [5.41, 5.74) is 5.79. The predicted octanol–water partition coefficient (Wildman–Crippen LogP) is 0.843. The first-order valence-electron chi connectivity index (χ1n) is 5.10. The maximum absolute atomic E-state index is 13.1. The topological polar surface area (TPSA) is 66.6 Å². The van der Waals surface area contributed by atoms with E-state index in [1.54, 1.807) is 0 Å². The third kappa shape index (κ3) is 2.08. The molecule has 1 aromatic rings. The Balaban J connectivity index is 2.17. The lowest BCUT2D eigenvalue weighted by Gasteiger charge is -2.18. The monoisotopic (exact) mass is 224 g/mol. The Bertz CT molecular complexity index is 402. The number of anilines is 1. The third-order valence-corrected chi connectivity index (χ3v) is 2.82. The minimum absolute atomic E-state index is 0.113. The average molecular weight is 224 g/mol. The molecule has 1 aliphatic rings. The number of aromatic hydroxyl groups is 1. The number of nitrogens with zero attached hydrogens (tertiary/aromatic N) is 1. The lowest BCUT2D eigenvalue weighted by molar-refractivity contribution is -0.121. The summed E-state index contributed by atoms with van der Waals surface area (Å²) in [5, 5.41) is 9.27. The number of phenols is 1. The summed E-state index contributed by atoms with van der Waals surface area (Å²) < 4.78 is 13.1. The quantitative estimate of drug-likeness (QED) is 0.782. The first kappa shape index (κ1) is 10.7. The van der Waals surface area contributed by atoms with Crippen LogP contribution in [0, 0.1) is 11.7 Å². The molecule has 1 fully saturated rings. The van der Waals surface area contributed by atoms with Crippen molar-refractivity contribution in [1.29, 1.82) is 0 Å². The van der Waals surface area contributed by atoms with Crippen LogP contribution in [0.1, 0.15) is 6.42 Å². The number of halogens is 1. The highest BCUT2D eigenvalue weighted by Gasteiger charge is 2.27. The van der Waals surface area contributed by atoms with E-state index in [4.69, 9.17) is 5.73 Å². The van der Waals surface area contributed by atoms with Crippen LogP contribution in [0.2, 0.25) is 0 Å². The summed E-state index contributed by atoms with van der Waals surface area (Å²) in [6, 6.07) is 3.86. The molecule has 86 valence electrons. The highest BCUT2D eigenvalue weighted by molar-refractivity contribution is 5.78. The Labute approximate surface area is 92.5 Å². The minimum Gasteiger partial charge on any atom is -0.508 e. The van der Waals surface area contributed by atoms with Gasteiger partial charge in [0, 0.05) is 30.9 Å². The van der Waals surface area contributed by atoms with E-state index in [0.29, 0.717) is 25.2 Å². The van der Waals surface area contributed by atoms with Crippen LogP contribution in [0.3, 0.4) is 0 Å². The lowest BCUT2D eigenvalue weighted by Crippen LogP contribution is -2.27. The number of primary amides is 1. The van der Waals surface area contributed by atoms with Crippen molar-refractivity contribution < 1.29 is 14.3 Å². The SMILES string of the molecule is NC(=O)C1CCN(c2cc(O)cc(F)c2)C1. The van der Waals surface area contributed by atoms with E-state index in [1.165, 1.54) is 12.1 Å². The third-order valence-electron chi connectivity index (χ3n) is 2.82. The molecule has 4 nitrogen and oxygen atoms in total. The number of carbonyl (C=O) groups is 1. The van der Waals surface area contributed by atoms with Gasteiger partial charge in [0.1, 0.15) is 11.6 Å². The van der Waals surface area contributed by atoms with Crippen molar-refractivity contribution in [3.05, 3.63) is 24.0 Å². The van der Waals surface area contributed by atoms with Gasteiger partial charge in [0.05, 0.1) is 5.92 Å². The smallest absolute Gasteiger partial charge is 0.222 e. The first-order valence-corrected chi connectivity index (χ1v) is 5.10. The summed E-state index contributed by atoms with van der Waals surface area (Å²) in [6.45, 7) is 1.13. The maximum atomic E-state index is 13.1. The van der Waals surface area contributed by atoms with Gasteiger partial charge in [-0.25, -0.2) is 4.39 Å². The molecular weight excluding hydrogens is 211 g/mol. The zero-order chi connectivity index (χ0) is 11.7. The molecule has 3 N–H and O–H groups in total. The summed E-state index contributed by atoms with van der Waals surface area (Å²) >= 11 is 0. The predicted molar refractivity (Wildman–Crippen MR) is 57.6 cm³/mol. The largest absolute Gasteiger partial charge is 0.508 e. The molecule has 1 atom stereocenters. The van der Waals surface area contributed by atoms with E-state index in [2.05, 4.69) is 0 Å². The van der Waals surface area contributed by atoms with Gasteiger partial charge in [-0.3, -0.25) is 4.79 Å². The molecule has 5 heteroatoms. The van der Waals surface area contributed by atoms with E-state index in [1.807, 2.05) is 4.90 Å². The van der Waals surface area contributed by atoms with Crippen LogP contribution in [0.15, 0.2) is 18.2 Å². The number of hydrogen-bond donors (Lipinski definition) is 2. The van der Waals surface area contributed by atoms with Gasteiger partial charge in [0.2, 0.25) is 5.91 Å². The summed E-state index contributed by atoms with van der Waals surface area (Å²) in [6.07, 6.45) is 0.673. The van der Waals surface area contributed by atoms with E-state index in [0.717, 1.165) is 6.07 Å². The van der Waals surface area contributed by atoms with Crippen molar-refractivity contribution in [2.75, 3.05) is 18.0 Å². The fourth-order valence-corrected chi connectivity index (χ4v) is 1.97. The van der Waals surface area contributed by atoms with E-state index in [9.17, 15) is 14.3 Å². The second-order valence-corrected chi connectivity index (χ2v) is 4.00. The molecule has 0 bridgehead atoms.